The number of nitrogens with zero attached hydrogens (tertiary/aromatic N) is 3. The van der Waals surface area contributed by atoms with Crippen LogP contribution in [-0.4, -0.2) is 68.1 Å². The molecule has 142 valence electrons. The summed E-state index contributed by atoms with van der Waals surface area (Å²) in [4.78, 5) is 0.282. The molecular weight excluding hydrogens is 346 g/mol. The molecule has 2 fully saturated rings. The number of methoxy groups -OCH3 is 2. The van der Waals surface area contributed by atoms with Crippen LogP contribution in [0.1, 0.15) is 30.7 Å². The van der Waals surface area contributed by atoms with Crippen LogP contribution in [0.3, 0.4) is 0 Å². The fraction of sp³-hybridized carbons (Fsp3) is 0.812. The average molecular weight is 373 g/mol. The summed E-state index contributed by atoms with van der Waals surface area (Å²) in [5.41, 5.74) is 1.10. The Hall–Kier alpha value is -1.00. The largest absolute Gasteiger partial charge is 0.381 e. The molecule has 0 aromatic carbocycles. The van der Waals surface area contributed by atoms with Crippen LogP contribution >= 0.6 is 0 Å². The molecule has 3 atom stereocenters. The molecule has 0 N–H and O–H groups in total. The summed E-state index contributed by atoms with van der Waals surface area (Å²) in [5.74, 6) is 0. The Kier molecular flexibility index (Phi) is 5.50. The average Bonchev–Trinajstić information content (AvgIpc) is 2.88. The smallest absolute Gasteiger partial charge is 0.247 e. The van der Waals surface area contributed by atoms with Crippen molar-refractivity contribution < 1.29 is 22.6 Å². The molecule has 25 heavy (non-hydrogen) atoms. The lowest BCUT2D eigenvalue weighted by Crippen LogP contribution is -2.56. The van der Waals surface area contributed by atoms with E-state index in [1.54, 1.807) is 37.1 Å². The standard InChI is InChI=1S/C16H27N3O5S/c1-11-16(12(2)18(17-11)10-22-3)25(20,21)19-7-8-24-15-6-5-13(23-4)9-14(15)19/h13-15H,5-10H2,1-4H3. The molecule has 8 nitrogen and oxygen atoms in total. The molecule has 1 aromatic rings. The highest BCUT2D eigenvalue weighted by molar-refractivity contribution is 7.89. The van der Waals surface area contributed by atoms with Gasteiger partial charge in [-0.15, -0.1) is 0 Å². The first-order valence-corrected chi connectivity index (χ1v) is 10.0. The Morgan fingerprint density at radius 2 is 2.04 bits per heavy atom. The van der Waals surface area contributed by atoms with Crippen molar-refractivity contribution in [1.29, 1.82) is 0 Å². The molecule has 0 bridgehead atoms. The molecule has 2 heterocycles. The van der Waals surface area contributed by atoms with Crippen LogP contribution in [0, 0.1) is 13.8 Å². The maximum Gasteiger partial charge on any atom is 0.247 e. The van der Waals surface area contributed by atoms with Gasteiger partial charge in [-0.05, 0) is 33.1 Å². The first-order valence-electron chi connectivity index (χ1n) is 8.59. The van der Waals surface area contributed by atoms with Gasteiger partial charge in [0.2, 0.25) is 10.0 Å². The molecule has 3 unspecified atom stereocenters. The van der Waals surface area contributed by atoms with Crippen molar-refractivity contribution in [2.45, 2.75) is 63.0 Å². The second-order valence-electron chi connectivity index (χ2n) is 6.68. The summed E-state index contributed by atoms with van der Waals surface area (Å²) in [7, 11) is -0.427. The molecule has 1 aliphatic heterocycles. The molecule has 1 saturated carbocycles. The van der Waals surface area contributed by atoms with Crippen molar-refractivity contribution in [3.8, 4) is 0 Å². The summed E-state index contributed by atoms with van der Waals surface area (Å²) in [6.45, 7) is 4.49. The third-order valence-corrected chi connectivity index (χ3v) is 7.36. The van der Waals surface area contributed by atoms with E-state index in [-0.39, 0.29) is 29.9 Å². The van der Waals surface area contributed by atoms with Gasteiger partial charge in [0.25, 0.3) is 0 Å². The minimum atomic E-state index is -3.66. The first kappa shape index (κ1) is 18.8. The third kappa shape index (κ3) is 3.35. The van der Waals surface area contributed by atoms with Crippen molar-refractivity contribution in [2.75, 3.05) is 27.4 Å². The predicted molar refractivity (Wildman–Crippen MR) is 90.8 cm³/mol. The molecule has 1 aliphatic carbocycles. The van der Waals surface area contributed by atoms with E-state index >= 15 is 0 Å². The van der Waals surface area contributed by atoms with E-state index in [4.69, 9.17) is 14.2 Å². The van der Waals surface area contributed by atoms with Crippen molar-refractivity contribution in [3.63, 3.8) is 0 Å². The molecular formula is C16H27N3O5S. The molecule has 0 spiro atoms. The number of rotatable bonds is 5. The van der Waals surface area contributed by atoms with E-state index < -0.39 is 10.0 Å². The molecule has 2 aliphatic rings. The van der Waals surface area contributed by atoms with E-state index in [9.17, 15) is 8.42 Å². The van der Waals surface area contributed by atoms with E-state index in [1.807, 2.05) is 0 Å². The van der Waals surface area contributed by atoms with Crippen LogP contribution in [-0.2, 0) is 31.0 Å². The molecule has 3 rings (SSSR count). The fourth-order valence-corrected chi connectivity index (χ4v) is 5.99. The number of aryl methyl sites for hydroxylation is 1. The summed E-state index contributed by atoms with van der Waals surface area (Å²) in [5, 5.41) is 4.33. The number of sulfonamides is 1. The van der Waals surface area contributed by atoms with Crippen molar-refractivity contribution in [3.05, 3.63) is 11.4 Å². The van der Waals surface area contributed by atoms with Crippen molar-refractivity contribution in [1.82, 2.24) is 14.1 Å². The molecule has 1 saturated heterocycles. The normalized spacial score (nSPS) is 28.1. The van der Waals surface area contributed by atoms with Gasteiger partial charge < -0.3 is 14.2 Å². The lowest BCUT2D eigenvalue weighted by atomic mass is 9.89. The summed E-state index contributed by atoms with van der Waals surface area (Å²) in [6.07, 6.45) is 2.37. The topological polar surface area (TPSA) is 82.9 Å². The second-order valence-corrected chi connectivity index (χ2v) is 8.51. The zero-order chi connectivity index (χ0) is 18.2. The van der Waals surface area contributed by atoms with E-state index in [2.05, 4.69) is 5.10 Å². The zero-order valence-electron chi connectivity index (χ0n) is 15.3. The fourth-order valence-electron chi connectivity index (χ4n) is 3.97. The zero-order valence-corrected chi connectivity index (χ0v) is 16.1. The van der Waals surface area contributed by atoms with E-state index in [0.717, 1.165) is 12.8 Å². The number of hydrogen-bond acceptors (Lipinski definition) is 6. The number of fused-ring (bicyclic) bond motifs is 1. The Balaban J connectivity index is 1.96. The molecule has 1 aromatic heterocycles. The van der Waals surface area contributed by atoms with Gasteiger partial charge in [-0.3, -0.25) is 0 Å². The van der Waals surface area contributed by atoms with E-state index in [1.165, 1.54) is 0 Å². The monoisotopic (exact) mass is 373 g/mol. The van der Waals surface area contributed by atoms with Gasteiger partial charge in [0, 0.05) is 20.8 Å². The highest BCUT2D eigenvalue weighted by Crippen LogP contribution is 2.34. The van der Waals surface area contributed by atoms with Crippen LogP contribution in [0.4, 0.5) is 0 Å². The van der Waals surface area contributed by atoms with Gasteiger partial charge in [0.05, 0.1) is 36.2 Å². The van der Waals surface area contributed by atoms with Crippen LogP contribution in [0.2, 0.25) is 0 Å². The number of morpholine rings is 1. The van der Waals surface area contributed by atoms with E-state index in [0.29, 0.717) is 31.0 Å². The van der Waals surface area contributed by atoms with Crippen LogP contribution in [0.15, 0.2) is 4.90 Å². The molecule has 9 heteroatoms. The van der Waals surface area contributed by atoms with Gasteiger partial charge >= 0.3 is 0 Å². The maximum atomic E-state index is 13.4. The van der Waals surface area contributed by atoms with Crippen molar-refractivity contribution in [2.24, 2.45) is 0 Å². The second kappa shape index (κ2) is 7.32. The summed E-state index contributed by atoms with van der Waals surface area (Å²) in [6, 6.07) is -0.193. The molecule has 0 amide bonds. The quantitative estimate of drug-likeness (QED) is 0.768. The van der Waals surface area contributed by atoms with Gasteiger partial charge in [-0.1, -0.05) is 0 Å². The number of aromatic nitrogens is 2. The number of ether oxygens (including phenoxy) is 3. The van der Waals surface area contributed by atoms with Gasteiger partial charge in [0.15, 0.2) is 0 Å². The summed E-state index contributed by atoms with van der Waals surface area (Å²) < 4.78 is 46.5. The highest BCUT2D eigenvalue weighted by Gasteiger charge is 2.44. The summed E-state index contributed by atoms with van der Waals surface area (Å²) >= 11 is 0. The van der Waals surface area contributed by atoms with Crippen LogP contribution in [0.5, 0.6) is 0 Å². The lowest BCUT2D eigenvalue weighted by molar-refractivity contribution is -0.0883. The maximum absolute atomic E-state index is 13.4. The third-order valence-electron chi connectivity index (χ3n) is 5.19. The predicted octanol–water partition coefficient (Wildman–Crippen LogP) is 1.06. The lowest BCUT2D eigenvalue weighted by Gasteiger charge is -2.44. The SMILES string of the molecule is COCn1nc(C)c(S(=O)(=O)N2CCOC3CCC(OC)CC32)c1C. The van der Waals surface area contributed by atoms with Crippen molar-refractivity contribution >= 4 is 10.0 Å². The Morgan fingerprint density at radius 3 is 2.72 bits per heavy atom. The van der Waals surface area contributed by atoms with Gasteiger partial charge in [-0.2, -0.15) is 9.40 Å². The minimum absolute atomic E-state index is 0.0652. The van der Waals surface area contributed by atoms with Gasteiger partial charge in [0.1, 0.15) is 11.6 Å². The highest BCUT2D eigenvalue weighted by atomic mass is 32.2. The minimum Gasteiger partial charge on any atom is -0.381 e. The molecule has 0 radical (unpaired) electrons. The van der Waals surface area contributed by atoms with Gasteiger partial charge in [-0.25, -0.2) is 13.1 Å². The van der Waals surface area contributed by atoms with Crippen LogP contribution in [0.25, 0.3) is 0 Å². The Bertz CT molecular complexity index is 718. The first-order chi connectivity index (χ1) is 11.9. The number of hydrogen-bond donors (Lipinski definition) is 0. The Labute approximate surface area is 149 Å². The van der Waals surface area contributed by atoms with Crippen LogP contribution < -0.4 is 0 Å². The Morgan fingerprint density at radius 1 is 1.28 bits per heavy atom.